The van der Waals surface area contributed by atoms with Crippen LogP contribution in [0.1, 0.15) is 11.3 Å². The van der Waals surface area contributed by atoms with Gasteiger partial charge in [-0.2, -0.15) is 10.2 Å². The van der Waals surface area contributed by atoms with Crippen molar-refractivity contribution in [2.75, 3.05) is 14.2 Å². The molecule has 0 saturated heterocycles. The summed E-state index contributed by atoms with van der Waals surface area (Å²) in [7, 11) is 3.01. The molecule has 0 aliphatic heterocycles. The van der Waals surface area contributed by atoms with Crippen LogP contribution < -0.4 is 9.47 Å². The van der Waals surface area contributed by atoms with Gasteiger partial charge in [0.25, 0.3) is 0 Å². The Hall–Kier alpha value is -2.76. The molecule has 6 heteroatoms. The average Bonchev–Trinajstić information content (AvgIpc) is 2.97. The van der Waals surface area contributed by atoms with Crippen LogP contribution in [0.3, 0.4) is 0 Å². The van der Waals surface area contributed by atoms with Gasteiger partial charge in [0.05, 0.1) is 38.5 Å². The first-order valence-electron chi connectivity index (χ1n) is 5.79. The average molecular weight is 274 g/mol. The van der Waals surface area contributed by atoms with Gasteiger partial charge in [0.2, 0.25) is 0 Å². The molecule has 0 radical (unpaired) electrons. The van der Waals surface area contributed by atoms with Crippen LogP contribution in [0.5, 0.6) is 17.2 Å². The molecular weight excluding hydrogens is 260 g/mol. The third-order valence-corrected chi connectivity index (χ3v) is 2.53. The number of hydrogen-bond donors (Lipinski definition) is 1. The number of nitrogens with zero attached hydrogens (tertiary/aromatic N) is 2. The molecule has 0 atom stereocenters. The summed E-state index contributed by atoms with van der Waals surface area (Å²) in [5, 5.41) is 17.6. The van der Waals surface area contributed by atoms with E-state index in [1.54, 1.807) is 24.5 Å². The van der Waals surface area contributed by atoms with Crippen LogP contribution in [0.2, 0.25) is 0 Å². The minimum Gasteiger partial charge on any atom is -0.507 e. The zero-order valence-corrected chi connectivity index (χ0v) is 11.1. The first kappa shape index (κ1) is 13.7. The predicted octanol–water partition coefficient (Wildman–Crippen LogP) is 2.46. The van der Waals surface area contributed by atoms with E-state index in [9.17, 15) is 5.11 Å². The van der Waals surface area contributed by atoms with Crippen molar-refractivity contribution in [2.45, 2.75) is 0 Å². The van der Waals surface area contributed by atoms with Crippen LogP contribution in [0, 0.1) is 0 Å². The number of furan rings is 1. The van der Waals surface area contributed by atoms with Crippen molar-refractivity contribution in [3.8, 4) is 17.2 Å². The minimum absolute atomic E-state index is 0.00171. The Labute approximate surface area is 116 Å². The summed E-state index contributed by atoms with van der Waals surface area (Å²) in [5.41, 5.74) is 0.421. The van der Waals surface area contributed by atoms with Gasteiger partial charge < -0.3 is 19.0 Å². The summed E-state index contributed by atoms with van der Waals surface area (Å²) in [6.45, 7) is 0. The lowest BCUT2D eigenvalue weighted by Crippen LogP contribution is -1.93. The SMILES string of the molecule is COc1cc(O)c(/C=N/N=C/c2ccco2)c(OC)c1. The predicted molar refractivity (Wildman–Crippen MR) is 75.1 cm³/mol. The summed E-state index contributed by atoms with van der Waals surface area (Å²) in [6, 6.07) is 6.63. The van der Waals surface area contributed by atoms with E-state index in [-0.39, 0.29) is 5.75 Å². The van der Waals surface area contributed by atoms with Crippen molar-refractivity contribution < 1.29 is 19.0 Å². The Balaban J connectivity index is 2.20. The molecule has 0 aliphatic carbocycles. The van der Waals surface area contributed by atoms with Crippen molar-refractivity contribution in [2.24, 2.45) is 10.2 Å². The van der Waals surface area contributed by atoms with Gasteiger partial charge in [-0.05, 0) is 12.1 Å². The van der Waals surface area contributed by atoms with Crippen molar-refractivity contribution in [1.29, 1.82) is 0 Å². The Morgan fingerprint density at radius 3 is 2.60 bits per heavy atom. The number of hydrogen-bond acceptors (Lipinski definition) is 6. The van der Waals surface area contributed by atoms with Crippen LogP contribution in [-0.4, -0.2) is 31.8 Å². The maximum Gasteiger partial charge on any atom is 0.146 e. The first-order chi connectivity index (χ1) is 9.74. The number of benzene rings is 1. The summed E-state index contributed by atoms with van der Waals surface area (Å²) in [6.07, 6.45) is 4.40. The molecule has 0 bridgehead atoms. The second-order valence-electron chi connectivity index (χ2n) is 3.77. The van der Waals surface area contributed by atoms with E-state index in [0.29, 0.717) is 22.8 Å². The fourth-order valence-corrected chi connectivity index (χ4v) is 1.55. The largest absolute Gasteiger partial charge is 0.507 e. The van der Waals surface area contributed by atoms with Crippen molar-refractivity contribution in [3.63, 3.8) is 0 Å². The first-order valence-corrected chi connectivity index (χ1v) is 5.79. The van der Waals surface area contributed by atoms with Crippen LogP contribution in [0.25, 0.3) is 0 Å². The molecule has 20 heavy (non-hydrogen) atoms. The van der Waals surface area contributed by atoms with Gasteiger partial charge in [-0.25, -0.2) is 0 Å². The van der Waals surface area contributed by atoms with E-state index in [1.165, 1.54) is 32.7 Å². The zero-order valence-electron chi connectivity index (χ0n) is 11.1. The van der Waals surface area contributed by atoms with E-state index in [2.05, 4.69) is 10.2 Å². The monoisotopic (exact) mass is 274 g/mol. The third kappa shape index (κ3) is 3.17. The highest BCUT2D eigenvalue weighted by atomic mass is 16.5. The van der Waals surface area contributed by atoms with E-state index >= 15 is 0 Å². The third-order valence-electron chi connectivity index (χ3n) is 2.53. The standard InChI is InChI=1S/C14H14N2O4/c1-18-11-6-13(17)12(14(7-11)19-2)9-16-15-8-10-4-3-5-20-10/h3-9,17H,1-2H3/b15-8+,16-9+. The molecule has 1 aromatic heterocycles. The van der Waals surface area contributed by atoms with Gasteiger partial charge in [0.15, 0.2) is 0 Å². The Morgan fingerprint density at radius 2 is 1.95 bits per heavy atom. The second kappa shape index (κ2) is 6.42. The van der Waals surface area contributed by atoms with E-state index in [4.69, 9.17) is 13.9 Å². The minimum atomic E-state index is -0.00171. The van der Waals surface area contributed by atoms with Gasteiger partial charge in [0.1, 0.15) is 23.0 Å². The number of phenolic OH excluding ortho intramolecular Hbond substituents is 1. The molecule has 104 valence electrons. The van der Waals surface area contributed by atoms with Crippen LogP contribution in [-0.2, 0) is 0 Å². The molecule has 6 nitrogen and oxygen atoms in total. The number of methoxy groups -OCH3 is 2. The quantitative estimate of drug-likeness (QED) is 0.671. The highest BCUT2D eigenvalue weighted by Gasteiger charge is 2.09. The van der Waals surface area contributed by atoms with E-state index < -0.39 is 0 Å². The number of ether oxygens (including phenoxy) is 2. The lowest BCUT2D eigenvalue weighted by atomic mass is 10.2. The smallest absolute Gasteiger partial charge is 0.146 e. The molecule has 0 fully saturated rings. The molecular formula is C14H14N2O4. The topological polar surface area (TPSA) is 76.5 Å². The number of rotatable bonds is 5. The van der Waals surface area contributed by atoms with Crippen LogP contribution in [0.15, 0.2) is 45.1 Å². The molecule has 1 heterocycles. The van der Waals surface area contributed by atoms with E-state index in [0.717, 1.165) is 0 Å². The fraction of sp³-hybridized carbons (Fsp3) is 0.143. The molecule has 2 rings (SSSR count). The molecule has 0 amide bonds. The molecule has 1 N–H and O–H groups in total. The molecule has 0 unspecified atom stereocenters. The lowest BCUT2D eigenvalue weighted by Gasteiger charge is -2.08. The van der Waals surface area contributed by atoms with Crippen LogP contribution >= 0.6 is 0 Å². The second-order valence-corrected chi connectivity index (χ2v) is 3.77. The summed E-state index contributed by atoms with van der Waals surface area (Å²) < 4.78 is 15.3. The number of phenols is 1. The molecule has 0 saturated carbocycles. The normalized spacial score (nSPS) is 11.3. The van der Waals surface area contributed by atoms with Gasteiger partial charge >= 0.3 is 0 Å². The Kier molecular flexibility index (Phi) is 4.39. The van der Waals surface area contributed by atoms with Gasteiger partial charge in [-0.15, -0.1) is 0 Å². The number of aromatic hydroxyl groups is 1. The van der Waals surface area contributed by atoms with Crippen molar-refractivity contribution >= 4 is 12.4 Å². The summed E-state index contributed by atoms with van der Waals surface area (Å²) in [4.78, 5) is 0. The lowest BCUT2D eigenvalue weighted by molar-refractivity contribution is 0.384. The maximum atomic E-state index is 9.90. The summed E-state index contributed by atoms with van der Waals surface area (Å²) >= 11 is 0. The zero-order chi connectivity index (χ0) is 14.4. The van der Waals surface area contributed by atoms with Crippen LogP contribution in [0.4, 0.5) is 0 Å². The van der Waals surface area contributed by atoms with Gasteiger partial charge in [0, 0.05) is 12.1 Å². The summed E-state index contributed by atoms with van der Waals surface area (Å²) in [5.74, 6) is 1.53. The molecule has 0 aliphatic rings. The van der Waals surface area contributed by atoms with E-state index in [1.807, 2.05) is 0 Å². The molecule has 1 aromatic carbocycles. The maximum absolute atomic E-state index is 9.90. The fourth-order valence-electron chi connectivity index (χ4n) is 1.55. The van der Waals surface area contributed by atoms with Gasteiger partial charge in [-0.1, -0.05) is 0 Å². The Bertz CT molecular complexity index is 618. The van der Waals surface area contributed by atoms with Gasteiger partial charge in [-0.3, -0.25) is 0 Å². The molecule has 0 spiro atoms. The molecule has 2 aromatic rings. The highest BCUT2D eigenvalue weighted by molar-refractivity contribution is 5.88. The van der Waals surface area contributed by atoms with Crippen molar-refractivity contribution in [3.05, 3.63) is 41.9 Å². The Morgan fingerprint density at radius 1 is 1.15 bits per heavy atom. The van der Waals surface area contributed by atoms with Crippen molar-refractivity contribution in [1.82, 2.24) is 0 Å². The highest BCUT2D eigenvalue weighted by Crippen LogP contribution is 2.31.